The van der Waals surface area contributed by atoms with Crippen LogP contribution in [0.15, 0.2) is 4.52 Å². The Morgan fingerprint density at radius 2 is 2.31 bits per heavy atom. The van der Waals surface area contributed by atoms with E-state index in [-0.39, 0.29) is 10.9 Å². The van der Waals surface area contributed by atoms with Gasteiger partial charge in [0.15, 0.2) is 5.15 Å². The summed E-state index contributed by atoms with van der Waals surface area (Å²) >= 11 is 5.66. The SMILES string of the molecule is CC(C)Cc1c(Cl)noc1C(=O)O. The number of aromatic carboxylic acids is 1. The molecule has 0 unspecified atom stereocenters. The Hall–Kier alpha value is -1.03. The normalized spacial score (nSPS) is 10.8. The van der Waals surface area contributed by atoms with Gasteiger partial charge in [-0.15, -0.1) is 0 Å². The van der Waals surface area contributed by atoms with Crippen LogP contribution in [0.3, 0.4) is 0 Å². The third-order valence-corrected chi connectivity index (χ3v) is 1.84. The molecule has 0 atom stereocenters. The van der Waals surface area contributed by atoms with Crippen LogP contribution in [0, 0.1) is 5.92 Å². The highest BCUT2D eigenvalue weighted by molar-refractivity contribution is 6.30. The summed E-state index contributed by atoms with van der Waals surface area (Å²) in [6, 6.07) is 0. The van der Waals surface area contributed by atoms with E-state index in [0.717, 1.165) is 0 Å². The summed E-state index contributed by atoms with van der Waals surface area (Å²) in [6.07, 6.45) is 0.559. The number of hydrogen-bond acceptors (Lipinski definition) is 3. The van der Waals surface area contributed by atoms with Crippen LogP contribution in [0.5, 0.6) is 0 Å². The molecule has 0 aliphatic heterocycles. The summed E-state index contributed by atoms with van der Waals surface area (Å²) in [5, 5.41) is 12.2. The molecule has 0 aromatic carbocycles. The van der Waals surface area contributed by atoms with E-state index in [0.29, 0.717) is 17.9 Å². The topological polar surface area (TPSA) is 63.3 Å². The van der Waals surface area contributed by atoms with Gasteiger partial charge in [-0.3, -0.25) is 0 Å². The summed E-state index contributed by atoms with van der Waals surface area (Å²) in [4.78, 5) is 10.6. The predicted molar refractivity (Wildman–Crippen MR) is 47.0 cm³/mol. The lowest BCUT2D eigenvalue weighted by Crippen LogP contribution is -2.02. The van der Waals surface area contributed by atoms with Gasteiger partial charge in [-0.2, -0.15) is 0 Å². The van der Waals surface area contributed by atoms with Crippen LogP contribution in [-0.4, -0.2) is 16.2 Å². The molecule has 1 aromatic rings. The lowest BCUT2D eigenvalue weighted by Gasteiger charge is -2.01. The summed E-state index contributed by atoms with van der Waals surface area (Å²) in [5.41, 5.74) is 0.476. The molecular weight excluding hydrogens is 194 g/mol. The van der Waals surface area contributed by atoms with Gasteiger partial charge in [-0.1, -0.05) is 30.6 Å². The highest BCUT2D eigenvalue weighted by Gasteiger charge is 2.20. The molecule has 72 valence electrons. The van der Waals surface area contributed by atoms with Crippen LogP contribution in [0.2, 0.25) is 5.15 Å². The molecule has 1 N–H and O–H groups in total. The second-order valence-electron chi connectivity index (χ2n) is 3.18. The third kappa shape index (κ3) is 2.21. The number of carbonyl (C=O) groups is 1. The minimum Gasteiger partial charge on any atom is -0.475 e. The third-order valence-electron chi connectivity index (χ3n) is 1.55. The Morgan fingerprint density at radius 1 is 1.69 bits per heavy atom. The smallest absolute Gasteiger partial charge is 0.375 e. The zero-order valence-corrected chi connectivity index (χ0v) is 8.13. The number of carboxylic acids is 1. The van der Waals surface area contributed by atoms with E-state index in [1.54, 1.807) is 0 Å². The Morgan fingerprint density at radius 3 is 2.77 bits per heavy atom. The van der Waals surface area contributed by atoms with Crippen molar-refractivity contribution in [2.24, 2.45) is 5.92 Å². The van der Waals surface area contributed by atoms with Crippen molar-refractivity contribution in [3.8, 4) is 0 Å². The van der Waals surface area contributed by atoms with Crippen LogP contribution in [0.25, 0.3) is 0 Å². The van der Waals surface area contributed by atoms with Gasteiger partial charge in [0.2, 0.25) is 5.76 Å². The van der Waals surface area contributed by atoms with Crippen molar-refractivity contribution in [1.29, 1.82) is 0 Å². The van der Waals surface area contributed by atoms with Gasteiger partial charge >= 0.3 is 5.97 Å². The van der Waals surface area contributed by atoms with Crippen LogP contribution < -0.4 is 0 Å². The molecule has 5 heteroatoms. The lowest BCUT2D eigenvalue weighted by atomic mass is 10.0. The lowest BCUT2D eigenvalue weighted by molar-refractivity contribution is 0.0650. The van der Waals surface area contributed by atoms with E-state index in [2.05, 4.69) is 9.68 Å². The first kappa shape index (κ1) is 10.1. The van der Waals surface area contributed by atoms with E-state index in [1.807, 2.05) is 13.8 Å². The largest absolute Gasteiger partial charge is 0.475 e. The minimum atomic E-state index is -1.13. The molecule has 0 aliphatic carbocycles. The van der Waals surface area contributed by atoms with Gasteiger partial charge in [0.1, 0.15) is 0 Å². The van der Waals surface area contributed by atoms with Crippen molar-refractivity contribution in [2.75, 3.05) is 0 Å². The Labute approximate surface area is 80.5 Å². The zero-order chi connectivity index (χ0) is 10.0. The van der Waals surface area contributed by atoms with Crippen LogP contribution in [0.1, 0.15) is 30.0 Å². The van der Waals surface area contributed by atoms with Gasteiger partial charge in [0.05, 0.1) is 0 Å². The number of halogens is 1. The minimum absolute atomic E-state index is 0.145. The fourth-order valence-corrected chi connectivity index (χ4v) is 1.24. The van der Waals surface area contributed by atoms with Crippen molar-refractivity contribution in [3.63, 3.8) is 0 Å². The van der Waals surface area contributed by atoms with Crippen molar-refractivity contribution in [2.45, 2.75) is 20.3 Å². The van der Waals surface area contributed by atoms with Gasteiger partial charge in [-0.25, -0.2) is 4.79 Å². The maximum atomic E-state index is 10.6. The molecule has 0 saturated heterocycles. The Balaban J connectivity index is 3.01. The van der Waals surface area contributed by atoms with E-state index >= 15 is 0 Å². The molecule has 0 radical (unpaired) electrons. The molecule has 0 amide bonds. The highest BCUT2D eigenvalue weighted by Crippen LogP contribution is 2.22. The fraction of sp³-hybridized carbons (Fsp3) is 0.500. The van der Waals surface area contributed by atoms with Gasteiger partial charge in [0.25, 0.3) is 0 Å². The number of aromatic nitrogens is 1. The monoisotopic (exact) mass is 203 g/mol. The van der Waals surface area contributed by atoms with Crippen LogP contribution >= 0.6 is 11.6 Å². The quantitative estimate of drug-likeness (QED) is 0.818. The number of nitrogens with zero attached hydrogens (tertiary/aromatic N) is 1. The molecule has 0 saturated carbocycles. The Kier molecular flexibility index (Phi) is 2.93. The second kappa shape index (κ2) is 3.79. The van der Waals surface area contributed by atoms with E-state index in [4.69, 9.17) is 16.7 Å². The molecule has 0 spiro atoms. The summed E-state index contributed by atoms with van der Waals surface area (Å²) in [6.45, 7) is 3.93. The number of carboxylic acid groups (broad SMARTS) is 1. The standard InChI is InChI=1S/C8H10ClNO3/c1-4(2)3-5-6(8(11)12)13-10-7(5)9/h4H,3H2,1-2H3,(H,11,12). The van der Waals surface area contributed by atoms with Crippen molar-refractivity contribution in [3.05, 3.63) is 16.5 Å². The maximum Gasteiger partial charge on any atom is 0.375 e. The molecule has 0 fully saturated rings. The fourth-order valence-electron chi connectivity index (χ4n) is 1.04. The molecule has 1 aromatic heterocycles. The molecule has 0 bridgehead atoms. The van der Waals surface area contributed by atoms with E-state index in [9.17, 15) is 4.79 Å². The number of hydrogen-bond donors (Lipinski definition) is 1. The van der Waals surface area contributed by atoms with E-state index < -0.39 is 5.97 Å². The summed E-state index contributed by atoms with van der Waals surface area (Å²) in [5.74, 6) is -0.969. The predicted octanol–water partition coefficient (Wildman–Crippen LogP) is 2.22. The average molecular weight is 204 g/mol. The second-order valence-corrected chi connectivity index (χ2v) is 3.54. The molecule has 0 aliphatic rings. The maximum absolute atomic E-state index is 10.6. The van der Waals surface area contributed by atoms with Crippen LogP contribution in [0.4, 0.5) is 0 Å². The van der Waals surface area contributed by atoms with Crippen LogP contribution in [-0.2, 0) is 6.42 Å². The first-order chi connectivity index (χ1) is 6.02. The van der Waals surface area contributed by atoms with E-state index in [1.165, 1.54) is 0 Å². The summed E-state index contributed by atoms with van der Waals surface area (Å²) < 4.78 is 4.58. The molecule has 1 heterocycles. The van der Waals surface area contributed by atoms with Gasteiger partial charge < -0.3 is 9.63 Å². The first-order valence-corrected chi connectivity index (χ1v) is 4.27. The molecule has 4 nitrogen and oxygen atoms in total. The molecule has 1 rings (SSSR count). The highest BCUT2D eigenvalue weighted by atomic mass is 35.5. The van der Waals surface area contributed by atoms with Crippen molar-refractivity contribution < 1.29 is 14.4 Å². The van der Waals surface area contributed by atoms with Crippen molar-refractivity contribution in [1.82, 2.24) is 5.16 Å². The van der Waals surface area contributed by atoms with Crippen molar-refractivity contribution >= 4 is 17.6 Å². The molecular formula is C8H10ClNO3. The summed E-state index contributed by atoms with van der Waals surface area (Å²) in [7, 11) is 0. The average Bonchev–Trinajstić information content (AvgIpc) is 2.32. The van der Waals surface area contributed by atoms with Gasteiger partial charge in [-0.05, 0) is 12.3 Å². The Bertz CT molecular complexity index is 319. The number of rotatable bonds is 3. The van der Waals surface area contributed by atoms with Gasteiger partial charge in [0, 0.05) is 5.56 Å². The zero-order valence-electron chi connectivity index (χ0n) is 7.37. The first-order valence-electron chi connectivity index (χ1n) is 3.89. The molecule has 13 heavy (non-hydrogen) atoms.